The topological polar surface area (TPSA) is 66.4 Å². The molecule has 0 aliphatic heterocycles. The Kier molecular flexibility index (Phi) is 4.14. The predicted octanol–water partition coefficient (Wildman–Crippen LogP) is 2.26. The molecule has 1 aliphatic carbocycles. The van der Waals surface area contributed by atoms with Crippen molar-refractivity contribution in [3.05, 3.63) is 35.6 Å². The van der Waals surface area contributed by atoms with Crippen molar-refractivity contribution in [1.29, 1.82) is 0 Å². The second-order valence-corrected chi connectivity index (χ2v) is 4.82. The molecule has 0 aromatic heterocycles. The van der Waals surface area contributed by atoms with Crippen molar-refractivity contribution in [2.24, 2.45) is 5.92 Å². The number of carbonyl (C=O) groups is 2. The van der Waals surface area contributed by atoms with Crippen LogP contribution in [0.5, 0.6) is 0 Å². The molecule has 1 atom stereocenters. The molecule has 5 heteroatoms. The number of nitrogens with one attached hydrogen (secondary N) is 1. The average Bonchev–Trinajstić information content (AvgIpc) is 3.19. The van der Waals surface area contributed by atoms with E-state index in [1.54, 1.807) is 12.1 Å². The lowest BCUT2D eigenvalue weighted by molar-refractivity contribution is -0.137. The van der Waals surface area contributed by atoms with Crippen LogP contribution in [0, 0.1) is 11.7 Å². The normalized spacial score (nSPS) is 15.8. The second kappa shape index (κ2) is 5.82. The van der Waals surface area contributed by atoms with E-state index in [9.17, 15) is 14.0 Å². The first kappa shape index (κ1) is 13.5. The summed E-state index contributed by atoms with van der Waals surface area (Å²) < 4.78 is 12.9. The van der Waals surface area contributed by atoms with Crippen LogP contribution in [-0.2, 0) is 9.59 Å². The molecule has 1 fully saturated rings. The lowest BCUT2D eigenvalue weighted by Gasteiger charge is -2.18. The molecule has 19 heavy (non-hydrogen) atoms. The molecule has 1 amide bonds. The maximum Gasteiger partial charge on any atom is 0.303 e. The van der Waals surface area contributed by atoms with E-state index in [0.29, 0.717) is 6.42 Å². The van der Waals surface area contributed by atoms with Gasteiger partial charge in [-0.2, -0.15) is 0 Å². The van der Waals surface area contributed by atoms with Crippen molar-refractivity contribution in [1.82, 2.24) is 5.32 Å². The van der Waals surface area contributed by atoms with Gasteiger partial charge in [0.05, 0.1) is 6.04 Å². The summed E-state index contributed by atoms with van der Waals surface area (Å²) in [7, 11) is 0. The minimum Gasteiger partial charge on any atom is -0.481 e. The maximum atomic E-state index is 12.9. The van der Waals surface area contributed by atoms with E-state index in [1.165, 1.54) is 12.1 Å². The first-order chi connectivity index (χ1) is 9.06. The van der Waals surface area contributed by atoms with E-state index in [-0.39, 0.29) is 30.1 Å². The summed E-state index contributed by atoms with van der Waals surface area (Å²) in [5.41, 5.74) is 0.733. The highest BCUT2D eigenvalue weighted by atomic mass is 19.1. The van der Waals surface area contributed by atoms with Gasteiger partial charge in [-0.15, -0.1) is 0 Å². The highest BCUT2D eigenvalue weighted by Gasteiger charge is 2.31. The van der Waals surface area contributed by atoms with Crippen molar-refractivity contribution in [2.45, 2.75) is 31.7 Å². The summed E-state index contributed by atoms with van der Waals surface area (Å²) in [5.74, 6) is -1.24. The molecule has 2 N–H and O–H groups in total. The molecule has 0 bridgehead atoms. The van der Waals surface area contributed by atoms with Gasteiger partial charge in [0.2, 0.25) is 5.91 Å². The van der Waals surface area contributed by atoms with Gasteiger partial charge in [-0.3, -0.25) is 9.59 Å². The van der Waals surface area contributed by atoms with Gasteiger partial charge in [-0.05, 0) is 37.0 Å². The van der Waals surface area contributed by atoms with Crippen LogP contribution in [0.4, 0.5) is 4.39 Å². The number of benzene rings is 1. The Bertz CT molecular complexity index is 468. The second-order valence-electron chi connectivity index (χ2n) is 4.82. The third-order valence-electron chi connectivity index (χ3n) is 3.18. The molecule has 102 valence electrons. The Hall–Kier alpha value is -1.91. The smallest absolute Gasteiger partial charge is 0.303 e. The monoisotopic (exact) mass is 265 g/mol. The molecule has 0 spiro atoms. The van der Waals surface area contributed by atoms with E-state index in [2.05, 4.69) is 5.32 Å². The Morgan fingerprint density at radius 2 is 1.95 bits per heavy atom. The summed E-state index contributed by atoms with van der Waals surface area (Å²) >= 11 is 0. The quantitative estimate of drug-likeness (QED) is 0.829. The van der Waals surface area contributed by atoms with Crippen molar-refractivity contribution in [2.75, 3.05) is 0 Å². The lowest BCUT2D eigenvalue weighted by atomic mass is 10.0. The Labute approximate surface area is 110 Å². The summed E-state index contributed by atoms with van der Waals surface area (Å²) in [6, 6.07) is 5.41. The fraction of sp³-hybridized carbons (Fsp3) is 0.429. The zero-order chi connectivity index (χ0) is 13.8. The predicted molar refractivity (Wildman–Crippen MR) is 66.9 cm³/mol. The standard InChI is InChI=1S/C14H16FNO3/c15-11-5-3-9(4-6-11)12(7-8-13(17)18)16-14(19)10-1-2-10/h3-6,10,12H,1-2,7-8H2,(H,16,19)(H,17,18). The number of hydrogen-bond donors (Lipinski definition) is 2. The van der Waals surface area contributed by atoms with E-state index >= 15 is 0 Å². The van der Waals surface area contributed by atoms with Gasteiger partial charge in [-0.25, -0.2) is 4.39 Å². The third kappa shape index (κ3) is 4.05. The lowest BCUT2D eigenvalue weighted by Crippen LogP contribution is -2.30. The van der Waals surface area contributed by atoms with E-state index in [0.717, 1.165) is 18.4 Å². The minimum atomic E-state index is -0.909. The van der Waals surface area contributed by atoms with Gasteiger partial charge < -0.3 is 10.4 Å². The Morgan fingerprint density at radius 3 is 2.47 bits per heavy atom. The zero-order valence-corrected chi connectivity index (χ0v) is 10.4. The number of hydrogen-bond acceptors (Lipinski definition) is 2. The maximum absolute atomic E-state index is 12.9. The molecule has 0 heterocycles. The largest absolute Gasteiger partial charge is 0.481 e. The van der Waals surface area contributed by atoms with Crippen LogP contribution >= 0.6 is 0 Å². The van der Waals surface area contributed by atoms with Crippen LogP contribution in [0.15, 0.2) is 24.3 Å². The zero-order valence-electron chi connectivity index (χ0n) is 10.4. The SMILES string of the molecule is O=C(O)CCC(NC(=O)C1CC1)c1ccc(F)cc1. The van der Waals surface area contributed by atoms with Crippen LogP contribution in [0.1, 0.15) is 37.3 Å². The Balaban J connectivity index is 2.05. The van der Waals surface area contributed by atoms with Crippen LogP contribution in [0.25, 0.3) is 0 Å². The third-order valence-corrected chi connectivity index (χ3v) is 3.18. The first-order valence-electron chi connectivity index (χ1n) is 6.34. The van der Waals surface area contributed by atoms with Crippen LogP contribution in [0.2, 0.25) is 0 Å². The van der Waals surface area contributed by atoms with Gasteiger partial charge in [0.25, 0.3) is 0 Å². The molecular formula is C14H16FNO3. The summed E-state index contributed by atoms with van der Waals surface area (Å²) in [6.07, 6.45) is 2.05. The van der Waals surface area contributed by atoms with Crippen LogP contribution in [0.3, 0.4) is 0 Å². The summed E-state index contributed by atoms with van der Waals surface area (Å²) in [5, 5.41) is 11.6. The van der Waals surface area contributed by atoms with Crippen molar-refractivity contribution in [3.8, 4) is 0 Å². The molecule has 0 radical (unpaired) electrons. The Morgan fingerprint density at radius 1 is 1.32 bits per heavy atom. The van der Waals surface area contributed by atoms with Crippen molar-refractivity contribution >= 4 is 11.9 Å². The molecule has 2 rings (SSSR count). The first-order valence-corrected chi connectivity index (χ1v) is 6.34. The minimum absolute atomic E-state index is 0.0347. The number of rotatable bonds is 6. The molecule has 1 saturated carbocycles. The number of amides is 1. The van der Waals surface area contributed by atoms with Gasteiger partial charge in [-0.1, -0.05) is 12.1 Å². The number of carboxylic acids is 1. The van der Waals surface area contributed by atoms with Gasteiger partial charge >= 0.3 is 5.97 Å². The number of halogens is 1. The van der Waals surface area contributed by atoms with Crippen LogP contribution < -0.4 is 5.32 Å². The molecule has 0 saturated heterocycles. The highest BCUT2D eigenvalue weighted by Crippen LogP contribution is 2.30. The number of carbonyl (C=O) groups excluding carboxylic acids is 1. The van der Waals surface area contributed by atoms with E-state index in [1.807, 2.05) is 0 Å². The fourth-order valence-electron chi connectivity index (χ4n) is 1.92. The van der Waals surface area contributed by atoms with Gasteiger partial charge in [0.15, 0.2) is 0 Å². The fourth-order valence-corrected chi connectivity index (χ4v) is 1.92. The molecule has 1 aromatic carbocycles. The molecule has 4 nitrogen and oxygen atoms in total. The molecule has 1 aromatic rings. The summed E-state index contributed by atoms with van der Waals surface area (Å²) in [4.78, 5) is 22.4. The average molecular weight is 265 g/mol. The molecule has 1 unspecified atom stereocenters. The van der Waals surface area contributed by atoms with Gasteiger partial charge in [0, 0.05) is 12.3 Å². The molecule has 1 aliphatic rings. The highest BCUT2D eigenvalue weighted by molar-refractivity contribution is 5.81. The molecular weight excluding hydrogens is 249 g/mol. The van der Waals surface area contributed by atoms with E-state index < -0.39 is 5.97 Å². The number of aliphatic carboxylic acids is 1. The summed E-state index contributed by atoms with van der Waals surface area (Å²) in [6.45, 7) is 0. The van der Waals surface area contributed by atoms with Crippen molar-refractivity contribution < 1.29 is 19.1 Å². The van der Waals surface area contributed by atoms with Crippen LogP contribution in [-0.4, -0.2) is 17.0 Å². The van der Waals surface area contributed by atoms with E-state index in [4.69, 9.17) is 5.11 Å². The van der Waals surface area contributed by atoms with Crippen molar-refractivity contribution in [3.63, 3.8) is 0 Å². The number of carboxylic acid groups (broad SMARTS) is 1. The van der Waals surface area contributed by atoms with Gasteiger partial charge in [0.1, 0.15) is 5.82 Å².